The molecule has 1 saturated heterocycles. The molecule has 1 heterocycles. The molecule has 1 aliphatic heterocycles. The minimum absolute atomic E-state index is 0.167. The van der Waals surface area contributed by atoms with Crippen LogP contribution in [0.3, 0.4) is 0 Å². The predicted molar refractivity (Wildman–Crippen MR) is 92.0 cm³/mol. The Hall–Kier alpha value is -1.40. The van der Waals surface area contributed by atoms with Crippen molar-refractivity contribution < 1.29 is 9.35 Å². The number of hydrogen-bond acceptors (Lipinski definition) is 4. The third-order valence-corrected chi connectivity index (χ3v) is 9.37. The van der Waals surface area contributed by atoms with E-state index < -0.39 is 8.32 Å². The topological polar surface area (TPSA) is 55.6 Å². The molecule has 0 N–H and O–H groups in total. The monoisotopic (exact) mass is 322 g/mol. The summed E-state index contributed by atoms with van der Waals surface area (Å²) in [5, 5.41) is 11.4. The van der Waals surface area contributed by atoms with Gasteiger partial charge in [-0.2, -0.15) is 0 Å². The SMILES string of the molecule is CC(C)(C)[Si](C)(C)O[C@@H]1CCN(c2ccccc2[N+](=O)[O-])C1. The van der Waals surface area contributed by atoms with Crippen molar-refractivity contribution in [1.29, 1.82) is 0 Å². The lowest BCUT2D eigenvalue weighted by Gasteiger charge is -2.38. The second kappa shape index (κ2) is 6.00. The van der Waals surface area contributed by atoms with Gasteiger partial charge in [-0.15, -0.1) is 0 Å². The summed E-state index contributed by atoms with van der Waals surface area (Å²) in [6, 6.07) is 6.95. The molecule has 1 atom stereocenters. The predicted octanol–water partition coefficient (Wildman–Crippen LogP) is 4.20. The molecule has 122 valence electrons. The van der Waals surface area contributed by atoms with E-state index in [-0.39, 0.29) is 21.8 Å². The average Bonchev–Trinajstić information content (AvgIpc) is 2.85. The maximum absolute atomic E-state index is 11.2. The third-order valence-electron chi connectivity index (χ3n) is 4.83. The molecule has 0 aliphatic carbocycles. The van der Waals surface area contributed by atoms with E-state index in [0.29, 0.717) is 5.69 Å². The zero-order valence-corrected chi connectivity index (χ0v) is 15.1. The summed E-state index contributed by atoms with van der Waals surface area (Å²) < 4.78 is 6.44. The van der Waals surface area contributed by atoms with Crippen LogP contribution < -0.4 is 4.90 Å². The van der Waals surface area contributed by atoms with Gasteiger partial charge in [-0.05, 0) is 30.6 Å². The smallest absolute Gasteiger partial charge is 0.292 e. The maximum Gasteiger partial charge on any atom is 0.292 e. The standard InChI is InChI=1S/C16H26N2O3Si/c1-16(2,3)22(4,5)21-13-10-11-17(12-13)14-8-6-7-9-15(14)18(19)20/h6-9,13H,10-12H2,1-5H3/t13-/m1/s1. The number of nitro benzene ring substituents is 1. The van der Waals surface area contributed by atoms with Gasteiger partial charge in [-0.1, -0.05) is 32.9 Å². The van der Waals surface area contributed by atoms with Crippen LogP contribution in [0.1, 0.15) is 27.2 Å². The molecule has 0 saturated carbocycles. The van der Waals surface area contributed by atoms with Crippen molar-refractivity contribution in [3.8, 4) is 0 Å². The fourth-order valence-corrected chi connectivity index (χ4v) is 3.90. The van der Waals surface area contributed by atoms with Gasteiger partial charge < -0.3 is 9.33 Å². The highest BCUT2D eigenvalue weighted by Crippen LogP contribution is 2.39. The first kappa shape index (κ1) is 17.0. The highest BCUT2D eigenvalue weighted by molar-refractivity contribution is 6.74. The number of hydrogen-bond donors (Lipinski definition) is 0. The van der Waals surface area contributed by atoms with Crippen LogP contribution in [0.2, 0.25) is 18.1 Å². The number of nitro groups is 1. The van der Waals surface area contributed by atoms with Crippen molar-refractivity contribution in [2.75, 3.05) is 18.0 Å². The van der Waals surface area contributed by atoms with Crippen molar-refractivity contribution >= 4 is 19.7 Å². The summed E-state index contributed by atoms with van der Waals surface area (Å²) in [6.07, 6.45) is 1.10. The van der Waals surface area contributed by atoms with E-state index in [1.54, 1.807) is 12.1 Å². The van der Waals surface area contributed by atoms with Gasteiger partial charge in [0.1, 0.15) is 5.69 Å². The maximum atomic E-state index is 11.2. The molecule has 22 heavy (non-hydrogen) atoms. The van der Waals surface area contributed by atoms with Crippen LogP contribution in [0.15, 0.2) is 24.3 Å². The van der Waals surface area contributed by atoms with Crippen LogP contribution in [-0.2, 0) is 4.43 Å². The molecule has 0 amide bonds. The minimum atomic E-state index is -1.80. The lowest BCUT2D eigenvalue weighted by molar-refractivity contribution is -0.384. The molecule has 0 unspecified atom stereocenters. The largest absolute Gasteiger partial charge is 0.412 e. The van der Waals surface area contributed by atoms with Crippen molar-refractivity contribution in [1.82, 2.24) is 0 Å². The third kappa shape index (κ3) is 3.49. The summed E-state index contributed by atoms with van der Waals surface area (Å²) in [6.45, 7) is 12.7. The first-order valence-corrected chi connectivity index (χ1v) is 10.7. The number of anilines is 1. The Kier molecular flexibility index (Phi) is 4.63. The van der Waals surface area contributed by atoms with Gasteiger partial charge in [-0.3, -0.25) is 10.1 Å². The number of benzene rings is 1. The van der Waals surface area contributed by atoms with Crippen LogP contribution in [0.5, 0.6) is 0 Å². The highest BCUT2D eigenvalue weighted by atomic mass is 28.4. The molecule has 1 fully saturated rings. The summed E-state index contributed by atoms with van der Waals surface area (Å²) in [5.41, 5.74) is 0.879. The molecule has 0 radical (unpaired) electrons. The molecule has 1 aliphatic rings. The van der Waals surface area contributed by atoms with Crippen molar-refractivity contribution in [3.05, 3.63) is 34.4 Å². The second-order valence-corrected chi connectivity index (χ2v) is 12.2. The summed E-state index contributed by atoms with van der Waals surface area (Å²) >= 11 is 0. The molecule has 0 spiro atoms. The molecule has 6 heteroatoms. The van der Waals surface area contributed by atoms with E-state index >= 15 is 0 Å². The quantitative estimate of drug-likeness (QED) is 0.474. The molecule has 0 bridgehead atoms. The van der Waals surface area contributed by atoms with Crippen molar-refractivity contribution in [2.45, 2.75) is 51.4 Å². The zero-order valence-electron chi connectivity index (χ0n) is 14.1. The Labute approximate surface area is 133 Å². The molecule has 0 aromatic heterocycles. The van der Waals surface area contributed by atoms with Gasteiger partial charge in [-0.25, -0.2) is 0 Å². The normalized spacial score (nSPS) is 19.5. The first-order valence-electron chi connectivity index (χ1n) is 7.78. The minimum Gasteiger partial charge on any atom is -0.412 e. The molecule has 5 nitrogen and oxygen atoms in total. The van der Waals surface area contributed by atoms with Crippen LogP contribution in [0.4, 0.5) is 11.4 Å². The Morgan fingerprint density at radius 3 is 2.55 bits per heavy atom. The number of para-hydroxylation sites is 2. The lowest BCUT2D eigenvalue weighted by atomic mass is 10.2. The van der Waals surface area contributed by atoms with Gasteiger partial charge in [0.05, 0.1) is 11.0 Å². The van der Waals surface area contributed by atoms with Crippen LogP contribution in [0, 0.1) is 10.1 Å². The molecule has 2 rings (SSSR count). The van der Waals surface area contributed by atoms with Crippen molar-refractivity contribution in [2.24, 2.45) is 0 Å². The van der Waals surface area contributed by atoms with E-state index in [9.17, 15) is 10.1 Å². The lowest BCUT2D eigenvalue weighted by Crippen LogP contribution is -2.44. The number of rotatable bonds is 4. The van der Waals surface area contributed by atoms with Gasteiger partial charge >= 0.3 is 0 Å². The van der Waals surface area contributed by atoms with Gasteiger partial charge in [0, 0.05) is 19.2 Å². The Balaban J connectivity index is 2.10. The Bertz CT molecular complexity index is 555. The van der Waals surface area contributed by atoms with Gasteiger partial charge in [0.15, 0.2) is 8.32 Å². The van der Waals surface area contributed by atoms with Gasteiger partial charge in [0.25, 0.3) is 5.69 Å². The summed E-state index contributed by atoms with van der Waals surface area (Å²) in [7, 11) is -1.80. The fourth-order valence-electron chi connectivity index (χ4n) is 2.52. The van der Waals surface area contributed by atoms with E-state index in [2.05, 4.69) is 38.8 Å². The molecular weight excluding hydrogens is 296 g/mol. The zero-order chi connectivity index (χ0) is 16.5. The van der Waals surface area contributed by atoms with Gasteiger partial charge in [0.2, 0.25) is 0 Å². The fraction of sp³-hybridized carbons (Fsp3) is 0.625. The highest BCUT2D eigenvalue weighted by Gasteiger charge is 2.40. The Morgan fingerprint density at radius 1 is 1.32 bits per heavy atom. The van der Waals surface area contributed by atoms with E-state index in [0.717, 1.165) is 19.5 Å². The van der Waals surface area contributed by atoms with Crippen LogP contribution in [-0.4, -0.2) is 32.4 Å². The molecule has 1 aromatic carbocycles. The molecular formula is C16H26N2O3Si. The van der Waals surface area contributed by atoms with E-state index in [4.69, 9.17) is 4.43 Å². The summed E-state index contributed by atoms with van der Waals surface area (Å²) in [4.78, 5) is 12.9. The van der Waals surface area contributed by atoms with E-state index in [1.807, 2.05) is 12.1 Å². The van der Waals surface area contributed by atoms with Crippen LogP contribution >= 0.6 is 0 Å². The molecule has 1 aromatic rings. The average molecular weight is 322 g/mol. The van der Waals surface area contributed by atoms with Crippen LogP contribution in [0.25, 0.3) is 0 Å². The second-order valence-electron chi connectivity index (χ2n) is 7.48. The Morgan fingerprint density at radius 2 is 1.95 bits per heavy atom. The van der Waals surface area contributed by atoms with E-state index in [1.165, 1.54) is 0 Å². The first-order chi connectivity index (χ1) is 10.1. The summed E-state index contributed by atoms with van der Waals surface area (Å²) in [5.74, 6) is 0. The number of nitrogens with zero attached hydrogens (tertiary/aromatic N) is 2. The van der Waals surface area contributed by atoms with Crippen molar-refractivity contribution in [3.63, 3.8) is 0 Å².